The van der Waals surface area contributed by atoms with Gasteiger partial charge in [-0.25, -0.2) is 14.4 Å². The molecule has 0 bridgehead atoms. The lowest BCUT2D eigenvalue weighted by Crippen LogP contribution is -2.49. The number of rotatable bonds is 6. The Morgan fingerprint density at radius 2 is 1.47 bits per heavy atom. The molecule has 2 aromatic rings. The zero-order valence-electron chi connectivity index (χ0n) is 22.2. The summed E-state index contributed by atoms with van der Waals surface area (Å²) in [6.07, 6.45) is -18.2. The summed E-state index contributed by atoms with van der Waals surface area (Å²) in [5, 5.41) is 8.87. The summed E-state index contributed by atoms with van der Waals surface area (Å²) in [6, 6.07) is 0.254. The first-order chi connectivity index (χ1) is 19.8. The van der Waals surface area contributed by atoms with E-state index in [-0.39, 0.29) is 30.2 Å². The van der Waals surface area contributed by atoms with E-state index in [0.717, 1.165) is 18.1 Å². The van der Waals surface area contributed by atoms with Crippen molar-refractivity contribution in [1.82, 2.24) is 4.90 Å². The van der Waals surface area contributed by atoms with Gasteiger partial charge in [-0.2, -0.15) is 39.5 Å². The molecule has 1 N–H and O–H groups in total. The van der Waals surface area contributed by atoms with Gasteiger partial charge in [-0.15, -0.1) is 0 Å². The van der Waals surface area contributed by atoms with Crippen LogP contribution in [0.2, 0.25) is 0 Å². The highest BCUT2D eigenvalue weighted by molar-refractivity contribution is 5.91. The van der Waals surface area contributed by atoms with E-state index >= 15 is 0 Å². The lowest BCUT2D eigenvalue weighted by atomic mass is 9.87. The van der Waals surface area contributed by atoms with Gasteiger partial charge in [0.05, 0.1) is 35.5 Å². The summed E-state index contributed by atoms with van der Waals surface area (Å²) in [5.41, 5.74) is -5.86. The molecule has 17 heteroatoms. The molecule has 1 aliphatic heterocycles. The maximum Gasteiger partial charge on any atom is 0.416 e. The Bertz CT molecular complexity index is 1340. The smallest absolute Gasteiger partial charge is 0.416 e. The van der Waals surface area contributed by atoms with Crippen molar-refractivity contribution in [1.29, 1.82) is 0 Å². The Kier molecular flexibility index (Phi) is 9.46. The summed E-state index contributed by atoms with van der Waals surface area (Å²) >= 11 is 0. The molecule has 2 atom stereocenters. The van der Waals surface area contributed by atoms with Crippen LogP contribution in [0.3, 0.4) is 0 Å². The molecule has 0 spiro atoms. The molecule has 2 amide bonds. The minimum absolute atomic E-state index is 0.0654. The number of aliphatic carboxylic acids is 1. The fraction of sp³-hybridized carbons (Fsp3) is 0.423. The van der Waals surface area contributed by atoms with Crippen LogP contribution in [0.25, 0.3) is 0 Å². The van der Waals surface area contributed by atoms with Gasteiger partial charge >= 0.3 is 36.7 Å². The van der Waals surface area contributed by atoms with Gasteiger partial charge < -0.3 is 14.6 Å². The average molecular weight is 630 g/mol. The monoisotopic (exact) mass is 630 g/mol. The molecule has 0 aliphatic carbocycles. The maximum absolute atomic E-state index is 13.7. The largest absolute Gasteiger partial charge is 0.479 e. The fourth-order valence-corrected chi connectivity index (χ4v) is 4.72. The Morgan fingerprint density at radius 1 is 0.907 bits per heavy atom. The molecule has 0 fully saturated rings. The van der Waals surface area contributed by atoms with Gasteiger partial charge in [0.1, 0.15) is 0 Å². The molecule has 2 aromatic carbocycles. The van der Waals surface area contributed by atoms with Gasteiger partial charge in [0.25, 0.3) is 0 Å². The van der Waals surface area contributed by atoms with Crippen molar-refractivity contribution in [3.8, 4) is 0 Å². The quantitative estimate of drug-likeness (QED) is 0.338. The van der Waals surface area contributed by atoms with E-state index in [1.165, 1.54) is 0 Å². The number of amides is 2. The molecule has 236 valence electrons. The summed E-state index contributed by atoms with van der Waals surface area (Å²) in [6.45, 7) is -0.504. The van der Waals surface area contributed by atoms with Crippen LogP contribution in [-0.4, -0.2) is 47.9 Å². The normalized spacial score (nSPS) is 17.2. The second kappa shape index (κ2) is 12.2. The Morgan fingerprint density at radius 3 is 1.93 bits per heavy atom. The summed E-state index contributed by atoms with van der Waals surface area (Å²) in [4.78, 5) is 38.2. The van der Waals surface area contributed by atoms with Gasteiger partial charge in [0.2, 0.25) is 0 Å². The number of carbonyl (C=O) groups is 3. The van der Waals surface area contributed by atoms with E-state index in [4.69, 9.17) is 14.6 Å². The number of nitrogens with zero attached hydrogens (tertiary/aromatic N) is 2. The van der Waals surface area contributed by atoms with Crippen LogP contribution in [-0.2, 0) is 39.3 Å². The van der Waals surface area contributed by atoms with Crippen molar-refractivity contribution < 1.29 is 68.5 Å². The van der Waals surface area contributed by atoms with Crippen molar-refractivity contribution >= 4 is 23.8 Å². The molecule has 43 heavy (non-hydrogen) atoms. The van der Waals surface area contributed by atoms with Crippen LogP contribution in [0.1, 0.15) is 53.6 Å². The predicted octanol–water partition coefficient (Wildman–Crippen LogP) is 7.26. The number of hydrogen-bond donors (Lipinski definition) is 1. The van der Waals surface area contributed by atoms with Gasteiger partial charge in [-0.1, -0.05) is 6.92 Å². The third kappa shape index (κ3) is 7.62. The Hall–Kier alpha value is -4.18. The molecular formula is C26H23F9N2O6. The van der Waals surface area contributed by atoms with Crippen molar-refractivity contribution in [2.75, 3.05) is 18.6 Å². The standard InChI is InChI=1S/C26H23F9N2O6/c1-3-17-10-20(18-9-14(24(27,28)29)4-5-19(18)37(17)23(41)43-12-21(38)39)36(22(40)42-2)11-13-6-15(25(30,31)32)8-16(7-13)26(33,34)35/h4-9,17,20H,3,10-12H2,1-2H3,(H,38,39)/t17-,20+/m1/s1. The third-order valence-electron chi connectivity index (χ3n) is 6.61. The minimum atomic E-state index is -5.21. The number of ether oxygens (including phenoxy) is 2. The molecule has 0 saturated heterocycles. The lowest BCUT2D eigenvalue weighted by molar-refractivity contribution is -0.143. The van der Waals surface area contributed by atoms with Gasteiger partial charge in [-0.3, -0.25) is 9.80 Å². The molecular weight excluding hydrogens is 607 g/mol. The van der Waals surface area contributed by atoms with E-state index in [2.05, 4.69) is 0 Å². The van der Waals surface area contributed by atoms with E-state index in [1.54, 1.807) is 6.92 Å². The Labute approximate surface area is 237 Å². The van der Waals surface area contributed by atoms with Gasteiger partial charge in [0, 0.05) is 12.6 Å². The molecule has 0 aromatic heterocycles. The minimum Gasteiger partial charge on any atom is -0.479 e. The van der Waals surface area contributed by atoms with E-state index in [1.807, 2.05) is 0 Å². The van der Waals surface area contributed by atoms with E-state index in [9.17, 15) is 53.9 Å². The SMILES string of the molecule is CC[C@@H]1C[C@H](N(Cc2cc(C(F)(F)F)cc(C(F)(F)F)c2)C(=O)OC)c2cc(C(F)(F)F)ccc2N1C(=O)OCC(=O)O. The van der Waals surface area contributed by atoms with Crippen LogP contribution < -0.4 is 4.90 Å². The molecule has 0 radical (unpaired) electrons. The van der Waals surface area contributed by atoms with Crippen LogP contribution in [0, 0.1) is 0 Å². The summed E-state index contributed by atoms with van der Waals surface area (Å²) in [7, 11) is 0.853. The summed E-state index contributed by atoms with van der Waals surface area (Å²) in [5.74, 6) is -1.53. The number of methoxy groups -OCH3 is 1. The zero-order valence-corrected chi connectivity index (χ0v) is 22.2. The average Bonchev–Trinajstić information content (AvgIpc) is 2.91. The number of carbonyl (C=O) groups excluding carboxylic acids is 2. The highest BCUT2D eigenvalue weighted by atomic mass is 19.4. The first-order valence-electron chi connectivity index (χ1n) is 12.3. The van der Waals surface area contributed by atoms with Crippen molar-refractivity contribution in [3.63, 3.8) is 0 Å². The molecule has 8 nitrogen and oxygen atoms in total. The number of carboxylic acids is 1. The Balaban J connectivity index is 2.21. The second-order valence-electron chi connectivity index (χ2n) is 9.42. The number of benzene rings is 2. The number of anilines is 1. The summed E-state index contributed by atoms with van der Waals surface area (Å²) < 4.78 is 131. The van der Waals surface area contributed by atoms with Crippen LogP contribution in [0.5, 0.6) is 0 Å². The number of carboxylic acid groups (broad SMARTS) is 1. The molecule has 3 rings (SSSR count). The maximum atomic E-state index is 13.7. The highest BCUT2D eigenvalue weighted by Gasteiger charge is 2.43. The highest BCUT2D eigenvalue weighted by Crippen LogP contribution is 2.45. The fourth-order valence-electron chi connectivity index (χ4n) is 4.72. The third-order valence-corrected chi connectivity index (χ3v) is 6.61. The molecule has 0 unspecified atom stereocenters. The van der Waals surface area contributed by atoms with Gasteiger partial charge in [0.15, 0.2) is 6.61 Å². The molecule has 1 heterocycles. The van der Waals surface area contributed by atoms with Crippen LogP contribution >= 0.6 is 0 Å². The lowest BCUT2D eigenvalue weighted by Gasteiger charge is -2.43. The zero-order chi connectivity index (χ0) is 32.5. The van der Waals surface area contributed by atoms with Crippen molar-refractivity contribution in [2.24, 2.45) is 0 Å². The number of fused-ring (bicyclic) bond motifs is 1. The first-order valence-corrected chi connectivity index (χ1v) is 12.3. The van der Waals surface area contributed by atoms with Gasteiger partial charge in [-0.05, 0) is 60.4 Å². The topological polar surface area (TPSA) is 96.4 Å². The van der Waals surface area contributed by atoms with Crippen LogP contribution in [0.4, 0.5) is 54.8 Å². The number of alkyl halides is 9. The van der Waals surface area contributed by atoms with E-state index < -0.39 is 84.2 Å². The van der Waals surface area contributed by atoms with Crippen LogP contribution in [0.15, 0.2) is 36.4 Å². The number of halogens is 9. The first kappa shape index (κ1) is 33.3. The van der Waals surface area contributed by atoms with E-state index in [0.29, 0.717) is 29.2 Å². The second-order valence-corrected chi connectivity index (χ2v) is 9.42. The predicted molar refractivity (Wildman–Crippen MR) is 129 cm³/mol. The molecule has 0 saturated carbocycles. The van der Waals surface area contributed by atoms with Crippen molar-refractivity contribution in [3.05, 3.63) is 64.2 Å². The molecule has 1 aliphatic rings. The van der Waals surface area contributed by atoms with Crippen molar-refractivity contribution in [2.45, 2.75) is 56.9 Å². The number of hydrogen-bond acceptors (Lipinski definition) is 5.